The highest BCUT2D eigenvalue weighted by Crippen LogP contribution is 2.08. The van der Waals surface area contributed by atoms with Crippen LogP contribution in [0.1, 0.15) is 11.4 Å². The van der Waals surface area contributed by atoms with Gasteiger partial charge in [0.25, 0.3) is 0 Å². The van der Waals surface area contributed by atoms with Crippen molar-refractivity contribution >= 4 is 11.6 Å². The second-order valence-electron chi connectivity index (χ2n) is 1.95. The van der Waals surface area contributed by atoms with E-state index in [0.717, 1.165) is 5.69 Å². The van der Waals surface area contributed by atoms with Gasteiger partial charge in [0.1, 0.15) is 0 Å². The molecular formula is C6H8ClN3. The van der Waals surface area contributed by atoms with Gasteiger partial charge >= 0.3 is 0 Å². The van der Waals surface area contributed by atoms with Crippen LogP contribution in [0.15, 0.2) is 6.20 Å². The van der Waals surface area contributed by atoms with Crippen molar-refractivity contribution in [2.45, 2.75) is 13.5 Å². The molecule has 3 nitrogen and oxygen atoms in total. The molecule has 0 amide bonds. The molecule has 0 aliphatic heterocycles. The molecule has 0 aromatic carbocycles. The number of nitrogens with zero attached hydrogens (tertiary/aromatic N) is 2. The number of rotatable bonds is 1. The number of aryl methyl sites for hydroxylation is 1. The molecule has 1 heterocycles. The van der Waals surface area contributed by atoms with Crippen molar-refractivity contribution in [2.75, 3.05) is 0 Å². The van der Waals surface area contributed by atoms with Crippen LogP contribution in [-0.2, 0) is 6.54 Å². The minimum absolute atomic E-state index is 0.341. The van der Waals surface area contributed by atoms with Gasteiger partial charge in [-0.3, -0.25) is 4.98 Å². The first kappa shape index (κ1) is 7.44. The summed E-state index contributed by atoms with van der Waals surface area (Å²) in [7, 11) is 0. The van der Waals surface area contributed by atoms with Crippen LogP contribution in [0, 0.1) is 6.92 Å². The Morgan fingerprint density at radius 2 is 2.40 bits per heavy atom. The van der Waals surface area contributed by atoms with Crippen LogP contribution < -0.4 is 5.73 Å². The maximum absolute atomic E-state index is 5.64. The molecule has 10 heavy (non-hydrogen) atoms. The van der Waals surface area contributed by atoms with E-state index in [9.17, 15) is 0 Å². The van der Waals surface area contributed by atoms with Crippen LogP contribution >= 0.6 is 11.6 Å². The Balaban J connectivity index is 3.09. The smallest absolute Gasteiger partial charge is 0.151 e. The molecule has 0 saturated carbocycles. The molecule has 4 heteroatoms. The van der Waals surface area contributed by atoms with E-state index < -0.39 is 0 Å². The molecule has 1 rings (SSSR count). The van der Waals surface area contributed by atoms with Crippen molar-refractivity contribution < 1.29 is 0 Å². The lowest BCUT2D eigenvalue weighted by atomic mass is 10.4. The monoisotopic (exact) mass is 157 g/mol. The van der Waals surface area contributed by atoms with Crippen LogP contribution in [0.25, 0.3) is 0 Å². The summed E-state index contributed by atoms with van der Waals surface area (Å²) in [6.45, 7) is 2.19. The van der Waals surface area contributed by atoms with E-state index in [2.05, 4.69) is 9.97 Å². The summed E-state index contributed by atoms with van der Waals surface area (Å²) >= 11 is 5.64. The van der Waals surface area contributed by atoms with E-state index in [-0.39, 0.29) is 0 Å². The van der Waals surface area contributed by atoms with Gasteiger partial charge < -0.3 is 5.73 Å². The van der Waals surface area contributed by atoms with Gasteiger partial charge in [-0.2, -0.15) is 0 Å². The zero-order chi connectivity index (χ0) is 7.56. The van der Waals surface area contributed by atoms with Gasteiger partial charge in [-0.1, -0.05) is 11.6 Å². The first-order valence-electron chi connectivity index (χ1n) is 2.92. The second-order valence-corrected chi connectivity index (χ2v) is 2.31. The van der Waals surface area contributed by atoms with Crippen molar-refractivity contribution in [3.63, 3.8) is 0 Å². The summed E-state index contributed by atoms with van der Waals surface area (Å²) in [5, 5.41) is 0.396. The molecule has 0 spiro atoms. The Labute approximate surface area is 64.2 Å². The number of hydrogen-bond acceptors (Lipinski definition) is 3. The van der Waals surface area contributed by atoms with Crippen molar-refractivity contribution in [1.82, 2.24) is 9.97 Å². The predicted octanol–water partition coefficient (Wildman–Crippen LogP) is 0.897. The summed E-state index contributed by atoms with van der Waals surface area (Å²) in [5.41, 5.74) is 6.82. The third-order valence-corrected chi connectivity index (χ3v) is 1.42. The van der Waals surface area contributed by atoms with Gasteiger partial charge in [-0.15, -0.1) is 0 Å². The summed E-state index contributed by atoms with van der Waals surface area (Å²) < 4.78 is 0. The lowest BCUT2D eigenvalue weighted by Gasteiger charge is -1.98. The van der Waals surface area contributed by atoms with Gasteiger partial charge in [0.2, 0.25) is 0 Å². The van der Waals surface area contributed by atoms with Crippen LogP contribution in [0.2, 0.25) is 5.15 Å². The Morgan fingerprint density at radius 1 is 1.70 bits per heavy atom. The fraction of sp³-hybridized carbons (Fsp3) is 0.333. The quantitative estimate of drug-likeness (QED) is 0.659. The standard InChI is InChI=1S/C6H8ClN3/c1-4-3-9-6(7)5(2-8)10-4/h3H,2,8H2,1H3. The summed E-state index contributed by atoms with van der Waals surface area (Å²) in [6.07, 6.45) is 1.61. The third-order valence-electron chi connectivity index (χ3n) is 1.11. The molecule has 1 aromatic rings. The Kier molecular flexibility index (Phi) is 2.19. The summed E-state index contributed by atoms with van der Waals surface area (Å²) in [4.78, 5) is 7.94. The molecule has 0 radical (unpaired) electrons. The van der Waals surface area contributed by atoms with E-state index in [1.807, 2.05) is 6.92 Å². The second kappa shape index (κ2) is 2.94. The summed E-state index contributed by atoms with van der Waals surface area (Å²) in [5.74, 6) is 0. The maximum Gasteiger partial charge on any atom is 0.151 e. The fourth-order valence-corrected chi connectivity index (χ4v) is 0.811. The van der Waals surface area contributed by atoms with E-state index in [1.165, 1.54) is 0 Å². The molecule has 0 aliphatic carbocycles. The molecule has 0 atom stereocenters. The highest BCUT2D eigenvalue weighted by Gasteiger charge is 1.99. The molecule has 2 N–H and O–H groups in total. The molecule has 0 saturated heterocycles. The number of nitrogens with two attached hydrogens (primary N) is 1. The van der Waals surface area contributed by atoms with Crippen molar-refractivity contribution in [1.29, 1.82) is 0 Å². The molecule has 0 aliphatic rings. The lowest BCUT2D eigenvalue weighted by Crippen LogP contribution is -2.02. The average Bonchev–Trinajstić information content (AvgIpc) is 1.94. The SMILES string of the molecule is Cc1cnc(Cl)c(CN)n1. The van der Waals surface area contributed by atoms with E-state index in [4.69, 9.17) is 17.3 Å². The van der Waals surface area contributed by atoms with Gasteiger partial charge in [-0.05, 0) is 6.92 Å². The van der Waals surface area contributed by atoms with Crippen LogP contribution in [0.3, 0.4) is 0 Å². The van der Waals surface area contributed by atoms with Crippen LogP contribution in [0.4, 0.5) is 0 Å². The first-order valence-corrected chi connectivity index (χ1v) is 3.30. The number of hydrogen-bond donors (Lipinski definition) is 1. The first-order chi connectivity index (χ1) is 4.74. The minimum atomic E-state index is 0.341. The van der Waals surface area contributed by atoms with Gasteiger partial charge in [0, 0.05) is 12.7 Å². The van der Waals surface area contributed by atoms with E-state index >= 15 is 0 Å². The molecule has 0 unspecified atom stereocenters. The Morgan fingerprint density at radius 3 is 2.90 bits per heavy atom. The van der Waals surface area contributed by atoms with Crippen LogP contribution in [0.5, 0.6) is 0 Å². The summed E-state index contributed by atoms with van der Waals surface area (Å²) in [6, 6.07) is 0. The minimum Gasteiger partial charge on any atom is -0.325 e. The lowest BCUT2D eigenvalue weighted by molar-refractivity contribution is 0.940. The largest absolute Gasteiger partial charge is 0.325 e. The van der Waals surface area contributed by atoms with Gasteiger partial charge in [0.05, 0.1) is 11.4 Å². The molecule has 54 valence electrons. The number of aromatic nitrogens is 2. The maximum atomic E-state index is 5.64. The normalized spacial score (nSPS) is 9.90. The highest BCUT2D eigenvalue weighted by molar-refractivity contribution is 6.29. The van der Waals surface area contributed by atoms with Gasteiger partial charge in [0.15, 0.2) is 5.15 Å². The topological polar surface area (TPSA) is 51.8 Å². The predicted molar refractivity (Wildman–Crippen MR) is 39.7 cm³/mol. The number of halogens is 1. The van der Waals surface area contributed by atoms with E-state index in [1.54, 1.807) is 6.20 Å². The molecule has 0 fully saturated rings. The third kappa shape index (κ3) is 1.43. The van der Waals surface area contributed by atoms with Gasteiger partial charge in [-0.25, -0.2) is 4.98 Å². The van der Waals surface area contributed by atoms with Crippen molar-refractivity contribution in [3.05, 3.63) is 22.7 Å². The van der Waals surface area contributed by atoms with Crippen molar-refractivity contribution in [3.8, 4) is 0 Å². The molecular weight excluding hydrogens is 150 g/mol. The Hall–Kier alpha value is -0.670. The van der Waals surface area contributed by atoms with E-state index in [0.29, 0.717) is 17.4 Å². The Bertz CT molecular complexity index is 236. The van der Waals surface area contributed by atoms with Crippen molar-refractivity contribution in [2.24, 2.45) is 5.73 Å². The molecule has 1 aromatic heterocycles. The fourth-order valence-electron chi connectivity index (χ4n) is 0.642. The zero-order valence-electron chi connectivity index (χ0n) is 5.63. The van der Waals surface area contributed by atoms with Crippen LogP contribution in [-0.4, -0.2) is 9.97 Å². The highest BCUT2D eigenvalue weighted by atomic mass is 35.5. The molecule has 0 bridgehead atoms. The zero-order valence-corrected chi connectivity index (χ0v) is 6.39. The average molecular weight is 158 g/mol.